The fourth-order valence-electron chi connectivity index (χ4n) is 5.25. The summed E-state index contributed by atoms with van der Waals surface area (Å²) in [6.07, 6.45) is 11.0. The maximum absolute atomic E-state index is 13.1. The minimum absolute atomic E-state index is 0.139. The first-order chi connectivity index (χ1) is 20.5. The number of nitrogens with one attached hydrogen (secondary N) is 2. The molecule has 3 heterocycles. The van der Waals surface area contributed by atoms with Gasteiger partial charge in [-0.3, -0.25) is 9.59 Å². The average Bonchev–Trinajstić information content (AvgIpc) is 3.46. The Labute approximate surface area is 258 Å². The number of aryl methyl sites for hydroxylation is 1. The van der Waals surface area contributed by atoms with Crippen molar-refractivity contribution in [3.05, 3.63) is 62.7 Å². The third-order valence-corrected chi connectivity index (χ3v) is 9.23. The molecule has 3 atom stereocenters. The predicted molar refractivity (Wildman–Crippen MR) is 160 cm³/mol. The van der Waals surface area contributed by atoms with Crippen LogP contribution in [-0.2, 0) is 12.6 Å². The summed E-state index contributed by atoms with van der Waals surface area (Å²) in [5.41, 5.74) is -0.0417. The zero-order chi connectivity index (χ0) is 31.0. The Morgan fingerprint density at radius 2 is 1.81 bits per heavy atom. The number of hydrogen-bond acceptors (Lipinski definition) is 7. The zero-order valence-electron chi connectivity index (χ0n) is 24.2. The number of rotatable bonds is 10. The van der Waals surface area contributed by atoms with Gasteiger partial charge in [-0.15, -0.1) is 11.3 Å². The Kier molecular flexibility index (Phi) is 11.5. The van der Waals surface area contributed by atoms with Crippen LogP contribution in [0.2, 0.25) is 5.02 Å². The predicted octanol–water partition coefficient (Wildman–Crippen LogP) is 8.06. The summed E-state index contributed by atoms with van der Waals surface area (Å²) in [5, 5.41) is 5.03. The summed E-state index contributed by atoms with van der Waals surface area (Å²) in [6.45, 7) is 4.08. The highest BCUT2D eigenvalue weighted by atomic mass is 35.5. The molecule has 2 N–H and O–H groups in total. The van der Waals surface area contributed by atoms with Gasteiger partial charge in [0.15, 0.2) is 0 Å². The van der Waals surface area contributed by atoms with Gasteiger partial charge in [0.05, 0.1) is 22.8 Å². The second-order valence-electron chi connectivity index (χ2n) is 11.2. The molecule has 3 unspecified atom stereocenters. The maximum atomic E-state index is 13.1. The minimum atomic E-state index is -4.69. The number of halogens is 4. The van der Waals surface area contributed by atoms with Gasteiger partial charge in [-0.2, -0.15) is 13.2 Å². The Balaban J connectivity index is 1.27. The fraction of sp³-hybridized carbons (Fsp3) is 0.533. The molecule has 4 rings (SSSR count). The minimum Gasteiger partial charge on any atom is -0.342 e. The Morgan fingerprint density at radius 1 is 1.02 bits per heavy atom. The second kappa shape index (κ2) is 15.1. The molecular weight excluding hydrogens is 601 g/mol. The third kappa shape index (κ3) is 9.69. The lowest BCUT2D eigenvalue weighted by Gasteiger charge is -2.22. The number of pyridine rings is 1. The molecule has 1 saturated carbocycles. The van der Waals surface area contributed by atoms with Crippen LogP contribution in [0.25, 0.3) is 0 Å². The largest absolute Gasteiger partial charge is 0.418 e. The number of aromatic nitrogens is 4. The van der Waals surface area contributed by atoms with E-state index in [0.29, 0.717) is 11.1 Å². The van der Waals surface area contributed by atoms with E-state index in [-0.39, 0.29) is 16.4 Å². The number of nitrogens with zero attached hydrogens (tertiary/aromatic N) is 4. The highest BCUT2D eigenvalue weighted by Crippen LogP contribution is 2.35. The summed E-state index contributed by atoms with van der Waals surface area (Å²) in [7, 11) is 0. The van der Waals surface area contributed by atoms with Crippen molar-refractivity contribution in [2.75, 3.05) is 5.32 Å². The van der Waals surface area contributed by atoms with Gasteiger partial charge < -0.3 is 10.6 Å². The molecule has 13 heteroatoms. The normalized spacial score (nSPS) is 18.4. The van der Waals surface area contributed by atoms with Gasteiger partial charge in [-0.05, 0) is 43.7 Å². The van der Waals surface area contributed by atoms with E-state index >= 15 is 0 Å². The molecule has 1 fully saturated rings. The van der Waals surface area contributed by atoms with Crippen molar-refractivity contribution in [1.82, 2.24) is 25.3 Å². The molecule has 0 bridgehead atoms. The molecule has 2 amide bonds. The fourth-order valence-corrected chi connectivity index (χ4v) is 6.27. The lowest BCUT2D eigenvalue weighted by Crippen LogP contribution is -2.27. The second-order valence-corrected chi connectivity index (χ2v) is 12.7. The van der Waals surface area contributed by atoms with Crippen LogP contribution < -0.4 is 10.6 Å². The van der Waals surface area contributed by atoms with Crippen molar-refractivity contribution < 1.29 is 22.8 Å². The first-order valence-corrected chi connectivity index (χ1v) is 15.8. The van der Waals surface area contributed by atoms with Crippen LogP contribution in [0, 0.1) is 11.8 Å². The van der Waals surface area contributed by atoms with Crippen LogP contribution in [0.3, 0.4) is 0 Å². The van der Waals surface area contributed by atoms with Gasteiger partial charge in [-0.1, -0.05) is 69.9 Å². The van der Waals surface area contributed by atoms with Crippen molar-refractivity contribution in [3.63, 3.8) is 0 Å². The van der Waals surface area contributed by atoms with Crippen molar-refractivity contribution in [2.45, 2.75) is 90.3 Å². The van der Waals surface area contributed by atoms with E-state index in [0.717, 1.165) is 54.3 Å². The van der Waals surface area contributed by atoms with Crippen LogP contribution in [-0.4, -0.2) is 31.8 Å². The molecule has 1 aliphatic rings. The van der Waals surface area contributed by atoms with E-state index < -0.39 is 34.6 Å². The molecule has 0 aliphatic heterocycles. The number of alkyl halides is 3. The van der Waals surface area contributed by atoms with Gasteiger partial charge in [0, 0.05) is 11.9 Å². The van der Waals surface area contributed by atoms with Crippen molar-refractivity contribution in [3.8, 4) is 0 Å². The number of thiazole rings is 1. The van der Waals surface area contributed by atoms with E-state index in [2.05, 4.69) is 37.5 Å². The highest BCUT2D eigenvalue weighted by Gasteiger charge is 2.34. The van der Waals surface area contributed by atoms with Crippen molar-refractivity contribution in [1.29, 1.82) is 0 Å². The quantitative estimate of drug-likeness (QED) is 0.218. The maximum Gasteiger partial charge on any atom is 0.418 e. The van der Waals surface area contributed by atoms with E-state index in [9.17, 15) is 22.8 Å². The van der Waals surface area contributed by atoms with E-state index in [1.165, 1.54) is 57.5 Å². The summed E-state index contributed by atoms with van der Waals surface area (Å²) in [6, 6.07) is 1.82. The molecular formula is C30H36ClF3N6O2S. The van der Waals surface area contributed by atoms with Crippen LogP contribution in [0.4, 0.5) is 19.0 Å². The first-order valence-electron chi connectivity index (χ1n) is 14.6. The number of unbranched alkanes of at least 4 members (excludes halogenated alkanes) is 1. The molecule has 1 aliphatic carbocycles. The smallest absolute Gasteiger partial charge is 0.342 e. The summed E-state index contributed by atoms with van der Waals surface area (Å²) < 4.78 is 39.4. The number of anilines is 1. The van der Waals surface area contributed by atoms with Gasteiger partial charge in [0.1, 0.15) is 27.7 Å². The summed E-state index contributed by atoms with van der Waals surface area (Å²) >= 11 is 6.59. The van der Waals surface area contributed by atoms with Gasteiger partial charge in [-0.25, -0.2) is 19.9 Å². The number of carbonyl (C=O) groups is 2. The monoisotopic (exact) mass is 636 g/mol. The topological polar surface area (TPSA) is 110 Å². The number of amides is 2. The highest BCUT2D eigenvalue weighted by molar-refractivity contribution is 7.13. The molecule has 3 aromatic rings. The molecule has 0 spiro atoms. The number of hydrogen-bond donors (Lipinski definition) is 2. The van der Waals surface area contributed by atoms with Crippen LogP contribution in [0.1, 0.15) is 114 Å². The van der Waals surface area contributed by atoms with Crippen molar-refractivity contribution in [2.24, 2.45) is 11.8 Å². The number of carbonyl (C=O) groups excluding carboxylic acids is 2. The lowest BCUT2D eigenvalue weighted by molar-refractivity contribution is -0.137. The van der Waals surface area contributed by atoms with Gasteiger partial charge in [0.2, 0.25) is 0 Å². The van der Waals surface area contributed by atoms with Crippen LogP contribution in [0.5, 0.6) is 0 Å². The molecule has 3 aromatic heterocycles. The molecule has 43 heavy (non-hydrogen) atoms. The Bertz CT molecular complexity index is 1400. The van der Waals surface area contributed by atoms with Crippen molar-refractivity contribution >= 4 is 40.6 Å². The average molecular weight is 637 g/mol. The van der Waals surface area contributed by atoms with E-state index in [1.54, 1.807) is 13.0 Å². The molecule has 8 nitrogen and oxygen atoms in total. The van der Waals surface area contributed by atoms with Crippen LogP contribution >= 0.6 is 22.9 Å². The Morgan fingerprint density at radius 3 is 2.60 bits per heavy atom. The molecule has 232 valence electrons. The third-order valence-electron chi connectivity index (χ3n) is 7.75. The lowest BCUT2D eigenvalue weighted by atomic mass is 9.84. The first kappa shape index (κ1) is 32.8. The van der Waals surface area contributed by atoms with E-state index in [1.807, 2.05) is 0 Å². The summed E-state index contributed by atoms with van der Waals surface area (Å²) in [5.74, 6) is 0.266. The molecule has 0 radical (unpaired) electrons. The van der Waals surface area contributed by atoms with Crippen LogP contribution in [0.15, 0.2) is 30.9 Å². The molecule has 0 aromatic carbocycles. The Hall–Kier alpha value is -3.12. The van der Waals surface area contributed by atoms with Gasteiger partial charge in [0.25, 0.3) is 11.8 Å². The summed E-state index contributed by atoms with van der Waals surface area (Å²) in [4.78, 5) is 42.1. The molecule has 0 saturated heterocycles. The van der Waals surface area contributed by atoms with Gasteiger partial charge >= 0.3 is 6.18 Å². The van der Waals surface area contributed by atoms with E-state index in [4.69, 9.17) is 11.6 Å². The zero-order valence-corrected chi connectivity index (χ0v) is 25.8. The SMILES string of the molecule is CC1CCCCC(CCCCc2cc(C(=O)NC(C)c3ncc(C(=O)Nc4cc(C(F)(F)F)c(Cl)cn4)s3)ncn2)CC1. The standard InChI is InChI=1S/C30H36ClF3N6O2S/c1-18-7-3-4-8-20(12-11-18)9-5-6-10-21-13-24(38-17-37-21)27(41)39-19(2)29-36-16-25(43-29)28(42)40-26-14-22(30(32,33)34)23(31)15-35-26/h13-20H,3-12H2,1-2H3,(H,39,41)(H,35,40,42).